The summed E-state index contributed by atoms with van der Waals surface area (Å²) in [4.78, 5) is 0. The second-order valence-corrected chi connectivity index (χ2v) is 4.41. The van der Waals surface area contributed by atoms with Crippen molar-refractivity contribution in [1.29, 1.82) is 0 Å². The first-order chi connectivity index (χ1) is 6.76. The molecule has 1 rings (SSSR count). The normalized spacial score (nSPS) is 12.1. The van der Waals surface area contributed by atoms with Gasteiger partial charge >= 0.3 is 0 Å². The van der Waals surface area contributed by atoms with Crippen LogP contribution in [-0.2, 0) is 0 Å². The number of hydrogen-bond acceptors (Lipinski definition) is 2. The van der Waals surface area contributed by atoms with Crippen LogP contribution in [0.25, 0.3) is 6.08 Å². The zero-order valence-corrected chi connectivity index (χ0v) is 9.51. The van der Waals surface area contributed by atoms with E-state index in [2.05, 4.69) is 19.8 Å². The molecule has 0 heterocycles. The van der Waals surface area contributed by atoms with E-state index in [1.165, 1.54) is 0 Å². The van der Waals surface area contributed by atoms with Crippen molar-refractivity contribution in [3.63, 3.8) is 0 Å². The minimum absolute atomic E-state index is 0.536. The molecule has 0 spiro atoms. The van der Waals surface area contributed by atoms with Crippen LogP contribution in [0, 0.1) is 0 Å². The van der Waals surface area contributed by atoms with Crippen LogP contribution < -0.4 is 4.74 Å². The van der Waals surface area contributed by atoms with Crippen LogP contribution in [-0.4, -0.2) is 18.1 Å². The minimum atomic E-state index is 0.536. The van der Waals surface area contributed by atoms with Crippen LogP contribution in [0.15, 0.2) is 30.8 Å². The number of hydrogen-bond donors (Lipinski definition) is 0. The standard InChI is InChI=1S/C12H16OS/c1-4-11-5-7-12(8-6-11)13-9-10(2)14-3/h4-8,10H,1,9H2,2-3H3. The third-order valence-electron chi connectivity index (χ3n) is 2.00. The Labute approximate surface area is 90.2 Å². The molecule has 0 saturated carbocycles. The first-order valence-electron chi connectivity index (χ1n) is 4.64. The highest BCUT2D eigenvalue weighted by Crippen LogP contribution is 2.14. The van der Waals surface area contributed by atoms with E-state index in [4.69, 9.17) is 4.74 Å². The van der Waals surface area contributed by atoms with Crippen molar-refractivity contribution in [2.75, 3.05) is 12.9 Å². The van der Waals surface area contributed by atoms with E-state index in [-0.39, 0.29) is 0 Å². The highest BCUT2D eigenvalue weighted by atomic mass is 32.2. The Bertz CT molecular complexity index is 279. The van der Waals surface area contributed by atoms with Crippen molar-refractivity contribution in [3.05, 3.63) is 36.4 Å². The lowest BCUT2D eigenvalue weighted by Crippen LogP contribution is -2.09. The number of thioether (sulfide) groups is 1. The molecule has 1 aromatic rings. The smallest absolute Gasteiger partial charge is 0.119 e. The second-order valence-electron chi connectivity index (χ2n) is 3.13. The first kappa shape index (κ1) is 11.2. The molecule has 0 aliphatic heterocycles. The van der Waals surface area contributed by atoms with E-state index >= 15 is 0 Å². The summed E-state index contributed by atoms with van der Waals surface area (Å²) >= 11 is 1.81. The highest BCUT2D eigenvalue weighted by Gasteiger charge is 1.99. The van der Waals surface area contributed by atoms with Crippen LogP contribution >= 0.6 is 11.8 Å². The topological polar surface area (TPSA) is 9.23 Å². The minimum Gasteiger partial charge on any atom is -0.492 e. The molecule has 1 unspecified atom stereocenters. The van der Waals surface area contributed by atoms with Crippen LogP contribution in [0.4, 0.5) is 0 Å². The molecule has 0 radical (unpaired) electrons. The maximum absolute atomic E-state index is 5.60. The van der Waals surface area contributed by atoms with Gasteiger partial charge in [-0.2, -0.15) is 11.8 Å². The Balaban J connectivity index is 2.47. The predicted octanol–water partition coefficient (Wildman–Crippen LogP) is 3.46. The van der Waals surface area contributed by atoms with Gasteiger partial charge in [-0.05, 0) is 24.0 Å². The lowest BCUT2D eigenvalue weighted by Gasteiger charge is -2.10. The van der Waals surface area contributed by atoms with Gasteiger partial charge in [0, 0.05) is 5.25 Å². The average Bonchev–Trinajstić information content (AvgIpc) is 2.26. The highest BCUT2D eigenvalue weighted by molar-refractivity contribution is 7.99. The van der Waals surface area contributed by atoms with Gasteiger partial charge in [0.2, 0.25) is 0 Å². The quantitative estimate of drug-likeness (QED) is 0.733. The molecule has 14 heavy (non-hydrogen) atoms. The first-order valence-corrected chi connectivity index (χ1v) is 5.93. The number of benzene rings is 1. The van der Waals surface area contributed by atoms with Gasteiger partial charge in [0.25, 0.3) is 0 Å². The summed E-state index contributed by atoms with van der Waals surface area (Å²) in [5, 5.41) is 0.536. The summed E-state index contributed by atoms with van der Waals surface area (Å²) in [6.07, 6.45) is 3.92. The molecule has 1 nitrogen and oxygen atoms in total. The lowest BCUT2D eigenvalue weighted by atomic mass is 10.2. The van der Waals surface area contributed by atoms with Gasteiger partial charge in [-0.15, -0.1) is 0 Å². The SMILES string of the molecule is C=Cc1ccc(OCC(C)SC)cc1. The van der Waals surface area contributed by atoms with E-state index < -0.39 is 0 Å². The molecule has 1 aromatic carbocycles. The van der Waals surface area contributed by atoms with Crippen LogP contribution in [0.1, 0.15) is 12.5 Å². The van der Waals surface area contributed by atoms with E-state index in [1.807, 2.05) is 42.1 Å². The van der Waals surface area contributed by atoms with Crippen molar-refractivity contribution in [1.82, 2.24) is 0 Å². The van der Waals surface area contributed by atoms with Gasteiger partial charge in [0.1, 0.15) is 5.75 Å². The monoisotopic (exact) mass is 208 g/mol. The van der Waals surface area contributed by atoms with Crippen molar-refractivity contribution in [2.45, 2.75) is 12.2 Å². The van der Waals surface area contributed by atoms with Crippen molar-refractivity contribution in [2.24, 2.45) is 0 Å². The molecule has 0 aliphatic carbocycles. The van der Waals surface area contributed by atoms with Crippen LogP contribution in [0.5, 0.6) is 5.75 Å². The average molecular weight is 208 g/mol. The summed E-state index contributed by atoms with van der Waals surface area (Å²) in [6, 6.07) is 7.96. The molecule has 76 valence electrons. The van der Waals surface area contributed by atoms with Crippen molar-refractivity contribution < 1.29 is 4.74 Å². The molecule has 0 amide bonds. The van der Waals surface area contributed by atoms with Gasteiger partial charge in [-0.1, -0.05) is 31.7 Å². The molecular formula is C12H16OS. The Morgan fingerprint density at radius 3 is 2.57 bits per heavy atom. The maximum Gasteiger partial charge on any atom is 0.119 e. The van der Waals surface area contributed by atoms with Gasteiger partial charge < -0.3 is 4.74 Å². The van der Waals surface area contributed by atoms with Crippen LogP contribution in [0.3, 0.4) is 0 Å². The van der Waals surface area contributed by atoms with Gasteiger partial charge in [0.15, 0.2) is 0 Å². The molecule has 1 atom stereocenters. The van der Waals surface area contributed by atoms with Crippen LogP contribution in [0.2, 0.25) is 0 Å². The number of ether oxygens (including phenoxy) is 1. The second kappa shape index (κ2) is 5.76. The summed E-state index contributed by atoms with van der Waals surface area (Å²) in [5.41, 5.74) is 1.12. The Morgan fingerprint density at radius 1 is 1.43 bits per heavy atom. The van der Waals surface area contributed by atoms with E-state index in [0.717, 1.165) is 17.9 Å². The lowest BCUT2D eigenvalue weighted by molar-refractivity contribution is 0.322. The molecule has 0 N–H and O–H groups in total. The number of rotatable bonds is 5. The van der Waals surface area contributed by atoms with E-state index in [9.17, 15) is 0 Å². The van der Waals surface area contributed by atoms with Gasteiger partial charge in [0.05, 0.1) is 6.61 Å². The molecule has 0 aromatic heterocycles. The molecule has 0 aliphatic rings. The fourth-order valence-corrected chi connectivity index (χ4v) is 1.19. The van der Waals surface area contributed by atoms with Crippen molar-refractivity contribution in [3.8, 4) is 5.75 Å². The molecular weight excluding hydrogens is 192 g/mol. The zero-order chi connectivity index (χ0) is 10.4. The Hall–Kier alpha value is -0.890. The van der Waals surface area contributed by atoms with Gasteiger partial charge in [-0.25, -0.2) is 0 Å². The third kappa shape index (κ3) is 3.46. The Kier molecular flexibility index (Phi) is 4.60. The fourth-order valence-electron chi connectivity index (χ4n) is 0.982. The molecule has 0 fully saturated rings. The third-order valence-corrected chi connectivity index (χ3v) is 2.94. The molecule has 2 heteroatoms. The summed E-state index contributed by atoms with van der Waals surface area (Å²) in [6.45, 7) is 6.62. The van der Waals surface area contributed by atoms with E-state index in [0.29, 0.717) is 5.25 Å². The summed E-state index contributed by atoms with van der Waals surface area (Å²) in [5.74, 6) is 0.927. The zero-order valence-electron chi connectivity index (χ0n) is 8.69. The Morgan fingerprint density at radius 2 is 2.07 bits per heavy atom. The molecule has 0 bridgehead atoms. The van der Waals surface area contributed by atoms with E-state index in [1.54, 1.807) is 0 Å². The summed E-state index contributed by atoms with van der Waals surface area (Å²) in [7, 11) is 0. The predicted molar refractivity (Wildman–Crippen MR) is 65.0 cm³/mol. The van der Waals surface area contributed by atoms with Gasteiger partial charge in [-0.3, -0.25) is 0 Å². The summed E-state index contributed by atoms with van der Waals surface area (Å²) < 4.78 is 5.60. The van der Waals surface area contributed by atoms with Crippen molar-refractivity contribution >= 4 is 17.8 Å². The largest absolute Gasteiger partial charge is 0.492 e. The fraction of sp³-hybridized carbons (Fsp3) is 0.333. The maximum atomic E-state index is 5.60. The molecule has 0 saturated heterocycles.